The zero-order chi connectivity index (χ0) is 14.5. The van der Waals surface area contributed by atoms with Gasteiger partial charge >= 0.3 is 0 Å². The van der Waals surface area contributed by atoms with Crippen molar-refractivity contribution in [1.29, 1.82) is 0 Å². The average Bonchev–Trinajstić information content (AvgIpc) is 2.97. The van der Waals surface area contributed by atoms with E-state index < -0.39 is 0 Å². The smallest absolute Gasteiger partial charge is 0.272 e. The first-order valence-electron chi connectivity index (χ1n) is 7.48. The molecule has 1 fully saturated rings. The van der Waals surface area contributed by atoms with E-state index in [1.54, 1.807) is 4.90 Å². The molecule has 0 aliphatic carbocycles. The molecule has 0 saturated carbocycles. The molecule has 2 rings (SSSR count). The maximum absolute atomic E-state index is 12.4. The largest absolute Gasteiger partial charge is 0.356 e. The number of carbonyl (C=O) groups excluding carboxylic acids is 1. The van der Waals surface area contributed by atoms with Crippen LogP contribution in [0.15, 0.2) is 6.07 Å². The number of rotatable bonds is 5. The third-order valence-electron chi connectivity index (χ3n) is 3.67. The van der Waals surface area contributed by atoms with E-state index in [1.165, 1.54) is 12.8 Å². The molecule has 5 heteroatoms. The van der Waals surface area contributed by atoms with Crippen LogP contribution in [0.3, 0.4) is 0 Å². The Morgan fingerprint density at radius 3 is 2.70 bits per heavy atom. The Morgan fingerprint density at radius 1 is 1.35 bits per heavy atom. The van der Waals surface area contributed by atoms with Crippen molar-refractivity contribution in [2.45, 2.75) is 39.5 Å². The first-order chi connectivity index (χ1) is 9.61. The molecule has 0 N–H and O–H groups in total. The minimum atomic E-state index is -0.00982. The highest BCUT2D eigenvalue weighted by Crippen LogP contribution is 2.19. The minimum absolute atomic E-state index is 0.00982. The van der Waals surface area contributed by atoms with Gasteiger partial charge in [0.2, 0.25) is 0 Å². The van der Waals surface area contributed by atoms with Crippen molar-refractivity contribution in [3.63, 3.8) is 0 Å². The minimum Gasteiger partial charge on any atom is -0.356 e. The fraction of sp³-hybridized carbons (Fsp3) is 0.667. The number of amides is 1. The van der Waals surface area contributed by atoms with Crippen LogP contribution in [0.5, 0.6) is 0 Å². The summed E-state index contributed by atoms with van der Waals surface area (Å²) in [6.45, 7) is 6.80. The van der Waals surface area contributed by atoms with E-state index in [0.29, 0.717) is 11.5 Å². The lowest BCUT2D eigenvalue weighted by Gasteiger charge is -2.19. The molecule has 0 aromatic carbocycles. The van der Waals surface area contributed by atoms with E-state index in [2.05, 4.69) is 21.8 Å². The second kappa shape index (κ2) is 6.68. The molecule has 0 radical (unpaired) electrons. The van der Waals surface area contributed by atoms with Crippen molar-refractivity contribution in [3.05, 3.63) is 17.6 Å². The van der Waals surface area contributed by atoms with Gasteiger partial charge in [-0.05, 0) is 26.2 Å². The van der Waals surface area contributed by atoms with Crippen LogP contribution in [0, 0.1) is 6.92 Å². The van der Waals surface area contributed by atoms with E-state index in [1.807, 2.05) is 20.0 Å². The number of hydrogen-bond acceptors (Lipinski definition) is 4. The fourth-order valence-corrected chi connectivity index (χ4v) is 2.46. The monoisotopic (exact) mass is 276 g/mol. The van der Waals surface area contributed by atoms with Gasteiger partial charge in [0, 0.05) is 32.7 Å². The molecule has 0 bridgehead atoms. The predicted molar refractivity (Wildman–Crippen MR) is 80.1 cm³/mol. The van der Waals surface area contributed by atoms with Gasteiger partial charge in [-0.2, -0.15) is 0 Å². The predicted octanol–water partition coefficient (Wildman–Crippen LogP) is 2.26. The molecule has 1 aromatic heterocycles. The van der Waals surface area contributed by atoms with Crippen LogP contribution >= 0.6 is 0 Å². The van der Waals surface area contributed by atoms with Gasteiger partial charge in [0.1, 0.15) is 17.3 Å². The van der Waals surface area contributed by atoms with E-state index in [-0.39, 0.29) is 5.91 Å². The molecule has 1 aliphatic heterocycles. The Hall–Kier alpha value is -1.65. The molecule has 2 heterocycles. The first kappa shape index (κ1) is 14.8. The van der Waals surface area contributed by atoms with Crippen molar-refractivity contribution < 1.29 is 4.79 Å². The maximum atomic E-state index is 12.4. The number of anilines is 1. The zero-order valence-corrected chi connectivity index (χ0v) is 12.7. The highest BCUT2D eigenvalue weighted by molar-refractivity contribution is 5.92. The number of nitrogens with zero attached hydrogens (tertiary/aromatic N) is 4. The van der Waals surface area contributed by atoms with Gasteiger partial charge in [-0.25, -0.2) is 9.97 Å². The molecule has 1 aliphatic rings. The van der Waals surface area contributed by atoms with Crippen molar-refractivity contribution >= 4 is 11.7 Å². The molecule has 0 unspecified atom stereocenters. The van der Waals surface area contributed by atoms with Crippen LogP contribution in [0.25, 0.3) is 0 Å². The summed E-state index contributed by atoms with van der Waals surface area (Å²) in [6, 6.07) is 1.84. The van der Waals surface area contributed by atoms with E-state index in [9.17, 15) is 4.79 Å². The van der Waals surface area contributed by atoms with Crippen LogP contribution in [-0.4, -0.2) is 47.5 Å². The van der Waals surface area contributed by atoms with Crippen LogP contribution in [-0.2, 0) is 0 Å². The SMILES string of the molecule is CCCCN(C)C(=O)c1cc(N2CCCC2)nc(C)n1. The van der Waals surface area contributed by atoms with Crippen LogP contribution in [0.4, 0.5) is 5.82 Å². The summed E-state index contributed by atoms with van der Waals surface area (Å²) in [5, 5.41) is 0. The second-order valence-electron chi connectivity index (χ2n) is 5.43. The Bertz CT molecular complexity index is 469. The molecular weight excluding hydrogens is 252 g/mol. The number of aromatic nitrogens is 2. The molecule has 110 valence electrons. The maximum Gasteiger partial charge on any atom is 0.272 e. The van der Waals surface area contributed by atoms with Crippen molar-refractivity contribution in [1.82, 2.24) is 14.9 Å². The normalized spacial score (nSPS) is 14.7. The van der Waals surface area contributed by atoms with E-state index in [4.69, 9.17) is 0 Å². The van der Waals surface area contributed by atoms with Crippen molar-refractivity contribution in [2.24, 2.45) is 0 Å². The van der Waals surface area contributed by atoms with Gasteiger partial charge in [-0.3, -0.25) is 4.79 Å². The molecule has 20 heavy (non-hydrogen) atoms. The van der Waals surface area contributed by atoms with Gasteiger partial charge in [0.25, 0.3) is 5.91 Å². The Kier molecular flexibility index (Phi) is 4.93. The molecule has 0 spiro atoms. The zero-order valence-electron chi connectivity index (χ0n) is 12.7. The molecule has 1 aromatic rings. The summed E-state index contributed by atoms with van der Waals surface area (Å²) >= 11 is 0. The average molecular weight is 276 g/mol. The third-order valence-corrected chi connectivity index (χ3v) is 3.67. The van der Waals surface area contributed by atoms with Gasteiger partial charge in [0.15, 0.2) is 0 Å². The summed E-state index contributed by atoms with van der Waals surface area (Å²) in [5.41, 5.74) is 0.512. The van der Waals surface area contributed by atoms with Crippen LogP contribution < -0.4 is 4.90 Å². The van der Waals surface area contributed by atoms with Crippen molar-refractivity contribution in [2.75, 3.05) is 31.6 Å². The summed E-state index contributed by atoms with van der Waals surface area (Å²) in [7, 11) is 1.84. The van der Waals surface area contributed by atoms with Gasteiger partial charge in [-0.1, -0.05) is 13.3 Å². The van der Waals surface area contributed by atoms with Crippen molar-refractivity contribution in [3.8, 4) is 0 Å². The van der Waals surface area contributed by atoms with Gasteiger partial charge < -0.3 is 9.80 Å². The quantitative estimate of drug-likeness (QED) is 0.827. The summed E-state index contributed by atoms with van der Waals surface area (Å²) in [5.74, 6) is 1.55. The lowest BCUT2D eigenvalue weighted by atomic mass is 10.3. The van der Waals surface area contributed by atoms with E-state index >= 15 is 0 Å². The number of carbonyl (C=O) groups is 1. The Labute approximate surface area is 121 Å². The molecule has 1 saturated heterocycles. The number of unbranched alkanes of at least 4 members (excludes halogenated alkanes) is 1. The fourth-order valence-electron chi connectivity index (χ4n) is 2.46. The lowest BCUT2D eigenvalue weighted by Crippen LogP contribution is -2.29. The van der Waals surface area contributed by atoms with Crippen LogP contribution in [0.2, 0.25) is 0 Å². The standard InChI is InChI=1S/C15H24N4O/c1-4-5-8-18(3)15(20)13-11-14(17-12(2)16-13)19-9-6-7-10-19/h11H,4-10H2,1-3H3. The summed E-state index contributed by atoms with van der Waals surface area (Å²) in [4.78, 5) is 25.1. The first-order valence-corrected chi connectivity index (χ1v) is 7.48. The number of hydrogen-bond donors (Lipinski definition) is 0. The Balaban J connectivity index is 2.16. The highest BCUT2D eigenvalue weighted by atomic mass is 16.2. The van der Waals surface area contributed by atoms with E-state index in [0.717, 1.165) is 38.3 Å². The van der Waals surface area contributed by atoms with Crippen LogP contribution in [0.1, 0.15) is 48.9 Å². The lowest BCUT2D eigenvalue weighted by molar-refractivity contribution is 0.0787. The number of aryl methyl sites for hydroxylation is 1. The molecule has 5 nitrogen and oxygen atoms in total. The molecular formula is C15H24N4O. The molecule has 1 amide bonds. The second-order valence-corrected chi connectivity index (χ2v) is 5.43. The summed E-state index contributed by atoms with van der Waals surface area (Å²) < 4.78 is 0. The van der Waals surface area contributed by atoms with Gasteiger partial charge in [0.05, 0.1) is 0 Å². The topological polar surface area (TPSA) is 49.3 Å². The summed E-state index contributed by atoms with van der Waals surface area (Å²) in [6.07, 6.45) is 4.50. The molecule has 0 atom stereocenters. The highest BCUT2D eigenvalue weighted by Gasteiger charge is 2.19. The third kappa shape index (κ3) is 3.46. The Morgan fingerprint density at radius 2 is 2.05 bits per heavy atom. The van der Waals surface area contributed by atoms with Gasteiger partial charge in [-0.15, -0.1) is 0 Å².